The SMILES string of the molecule is CC(NC(=O)c1nc(N2CCCCC2)ncc1Cl)c1nc2ccccc2[nH]1. The number of hydrogen-bond donors (Lipinski definition) is 2. The van der Waals surface area contributed by atoms with Gasteiger partial charge in [0.15, 0.2) is 5.69 Å². The highest BCUT2D eigenvalue weighted by Crippen LogP contribution is 2.21. The summed E-state index contributed by atoms with van der Waals surface area (Å²) in [4.78, 5) is 31.3. The van der Waals surface area contributed by atoms with Crippen molar-refractivity contribution in [2.45, 2.75) is 32.2 Å². The van der Waals surface area contributed by atoms with Crippen molar-refractivity contribution in [2.75, 3.05) is 18.0 Å². The summed E-state index contributed by atoms with van der Waals surface area (Å²) in [6, 6.07) is 7.44. The van der Waals surface area contributed by atoms with Crippen LogP contribution in [0.25, 0.3) is 11.0 Å². The zero-order chi connectivity index (χ0) is 18.8. The van der Waals surface area contributed by atoms with Crippen LogP contribution in [-0.4, -0.2) is 38.9 Å². The molecule has 1 atom stereocenters. The molecule has 2 aromatic heterocycles. The number of H-pyrrole nitrogens is 1. The van der Waals surface area contributed by atoms with Crippen LogP contribution in [0.2, 0.25) is 5.02 Å². The Balaban J connectivity index is 1.53. The van der Waals surface area contributed by atoms with E-state index in [1.807, 2.05) is 31.2 Å². The van der Waals surface area contributed by atoms with E-state index in [4.69, 9.17) is 11.6 Å². The molecule has 1 unspecified atom stereocenters. The van der Waals surface area contributed by atoms with Crippen LogP contribution in [0.1, 0.15) is 48.5 Å². The number of rotatable bonds is 4. The fraction of sp³-hybridized carbons (Fsp3) is 0.368. The van der Waals surface area contributed by atoms with Gasteiger partial charge in [-0.3, -0.25) is 4.79 Å². The first-order chi connectivity index (χ1) is 13.1. The van der Waals surface area contributed by atoms with Gasteiger partial charge in [0, 0.05) is 13.1 Å². The molecule has 0 radical (unpaired) electrons. The van der Waals surface area contributed by atoms with Crippen LogP contribution in [0.4, 0.5) is 5.95 Å². The van der Waals surface area contributed by atoms with E-state index in [1.54, 1.807) is 0 Å². The predicted octanol–water partition coefficient (Wildman–Crippen LogP) is 3.49. The molecule has 140 valence electrons. The van der Waals surface area contributed by atoms with Gasteiger partial charge in [0.25, 0.3) is 5.91 Å². The fourth-order valence-electron chi connectivity index (χ4n) is 3.27. The van der Waals surface area contributed by atoms with E-state index < -0.39 is 0 Å². The van der Waals surface area contributed by atoms with Crippen LogP contribution in [0.3, 0.4) is 0 Å². The number of para-hydroxylation sites is 2. The summed E-state index contributed by atoms with van der Waals surface area (Å²) in [5.41, 5.74) is 1.98. The third-order valence-electron chi connectivity index (χ3n) is 4.75. The predicted molar refractivity (Wildman–Crippen MR) is 105 cm³/mol. The third-order valence-corrected chi connectivity index (χ3v) is 5.03. The van der Waals surface area contributed by atoms with Gasteiger partial charge in [-0.1, -0.05) is 23.7 Å². The van der Waals surface area contributed by atoms with Gasteiger partial charge in [0.2, 0.25) is 5.95 Å². The van der Waals surface area contributed by atoms with Gasteiger partial charge in [-0.15, -0.1) is 0 Å². The number of benzene rings is 1. The van der Waals surface area contributed by atoms with Crippen molar-refractivity contribution in [3.8, 4) is 0 Å². The first-order valence-electron chi connectivity index (χ1n) is 9.15. The molecule has 3 heterocycles. The van der Waals surface area contributed by atoms with Gasteiger partial charge >= 0.3 is 0 Å². The van der Waals surface area contributed by atoms with Gasteiger partial charge in [0.1, 0.15) is 5.82 Å². The molecule has 1 amide bonds. The summed E-state index contributed by atoms with van der Waals surface area (Å²) in [5.74, 6) is 0.903. The van der Waals surface area contributed by atoms with Gasteiger partial charge in [-0.05, 0) is 38.3 Å². The molecule has 0 aliphatic carbocycles. The lowest BCUT2D eigenvalue weighted by atomic mass is 10.1. The van der Waals surface area contributed by atoms with Crippen molar-refractivity contribution >= 4 is 34.5 Å². The second kappa shape index (κ2) is 7.52. The van der Waals surface area contributed by atoms with E-state index >= 15 is 0 Å². The Kier molecular flexibility index (Phi) is 4.94. The van der Waals surface area contributed by atoms with Gasteiger partial charge in [-0.25, -0.2) is 15.0 Å². The Morgan fingerprint density at radius 1 is 1.22 bits per heavy atom. The van der Waals surface area contributed by atoms with Crippen molar-refractivity contribution in [1.82, 2.24) is 25.3 Å². The molecule has 3 aromatic rings. The maximum Gasteiger partial charge on any atom is 0.272 e. The normalized spacial score (nSPS) is 15.7. The summed E-state index contributed by atoms with van der Waals surface area (Å²) >= 11 is 6.20. The quantitative estimate of drug-likeness (QED) is 0.719. The standard InChI is InChI=1S/C19H21ClN6O/c1-12(17-23-14-7-3-4-8-15(14)24-17)22-18(27)16-13(20)11-21-19(25-16)26-9-5-2-6-10-26/h3-4,7-8,11-12H,2,5-6,9-10H2,1H3,(H,22,27)(H,23,24). The molecule has 1 fully saturated rings. The molecule has 1 aliphatic rings. The second-order valence-electron chi connectivity index (χ2n) is 6.75. The summed E-state index contributed by atoms with van der Waals surface area (Å²) < 4.78 is 0. The number of anilines is 1. The molecule has 0 spiro atoms. The maximum atomic E-state index is 12.8. The largest absolute Gasteiger partial charge is 0.341 e. The number of fused-ring (bicyclic) bond motifs is 1. The van der Waals surface area contributed by atoms with E-state index in [9.17, 15) is 4.79 Å². The van der Waals surface area contributed by atoms with Gasteiger partial charge in [0.05, 0.1) is 28.3 Å². The van der Waals surface area contributed by atoms with E-state index in [-0.39, 0.29) is 22.7 Å². The molecule has 7 nitrogen and oxygen atoms in total. The Bertz CT molecular complexity index is 933. The number of imidazole rings is 1. The summed E-state index contributed by atoms with van der Waals surface area (Å²) in [5, 5.41) is 3.16. The first-order valence-corrected chi connectivity index (χ1v) is 9.52. The van der Waals surface area contributed by atoms with Crippen molar-refractivity contribution in [1.29, 1.82) is 0 Å². The lowest BCUT2D eigenvalue weighted by molar-refractivity contribution is 0.0933. The second-order valence-corrected chi connectivity index (χ2v) is 7.16. The highest BCUT2D eigenvalue weighted by molar-refractivity contribution is 6.33. The minimum Gasteiger partial charge on any atom is -0.341 e. The molecule has 27 heavy (non-hydrogen) atoms. The maximum absolute atomic E-state index is 12.8. The number of halogens is 1. The van der Waals surface area contributed by atoms with Crippen molar-refractivity contribution in [3.05, 3.63) is 47.0 Å². The van der Waals surface area contributed by atoms with E-state index in [2.05, 4.69) is 30.2 Å². The number of nitrogens with zero attached hydrogens (tertiary/aromatic N) is 4. The molecule has 4 rings (SSSR count). The number of carbonyl (C=O) groups is 1. The summed E-state index contributed by atoms with van der Waals surface area (Å²) in [6.07, 6.45) is 4.93. The molecule has 8 heteroatoms. The van der Waals surface area contributed by atoms with E-state index in [0.717, 1.165) is 37.0 Å². The lowest BCUT2D eigenvalue weighted by Crippen LogP contribution is -2.33. The van der Waals surface area contributed by atoms with E-state index in [0.29, 0.717) is 11.8 Å². The lowest BCUT2D eigenvalue weighted by Gasteiger charge is -2.26. The summed E-state index contributed by atoms with van der Waals surface area (Å²) in [7, 11) is 0. The monoisotopic (exact) mass is 384 g/mol. The number of piperidine rings is 1. The van der Waals surface area contributed by atoms with Crippen LogP contribution in [0.5, 0.6) is 0 Å². The fourth-order valence-corrected chi connectivity index (χ4v) is 3.45. The van der Waals surface area contributed by atoms with Gasteiger partial charge in [-0.2, -0.15) is 0 Å². The highest BCUT2D eigenvalue weighted by Gasteiger charge is 2.21. The number of aromatic amines is 1. The molecular weight excluding hydrogens is 364 g/mol. The molecule has 0 saturated carbocycles. The number of carbonyl (C=O) groups excluding carboxylic acids is 1. The molecule has 1 aliphatic heterocycles. The van der Waals surface area contributed by atoms with Crippen LogP contribution < -0.4 is 10.2 Å². The third kappa shape index (κ3) is 3.73. The average molecular weight is 385 g/mol. The number of aromatic nitrogens is 4. The van der Waals surface area contributed by atoms with Crippen LogP contribution in [0.15, 0.2) is 30.5 Å². The van der Waals surface area contributed by atoms with E-state index in [1.165, 1.54) is 12.6 Å². The molecule has 1 saturated heterocycles. The zero-order valence-electron chi connectivity index (χ0n) is 15.1. The van der Waals surface area contributed by atoms with Crippen molar-refractivity contribution < 1.29 is 4.79 Å². The number of nitrogens with one attached hydrogen (secondary N) is 2. The first kappa shape index (κ1) is 17.7. The molecule has 0 bridgehead atoms. The Morgan fingerprint density at radius 2 is 2.00 bits per heavy atom. The van der Waals surface area contributed by atoms with Crippen molar-refractivity contribution in [3.63, 3.8) is 0 Å². The Hall–Kier alpha value is -2.67. The zero-order valence-corrected chi connectivity index (χ0v) is 15.8. The Morgan fingerprint density at radius 3 is 2.78 bits per heavy atom. The molecular formula is C19H21ClN6O. The smallest absolute Gasteiger partial charge is 0.272 e. The Labute approximate surface area is 162 Å². The molecule has 1 aromatic carbocycles. The molecule has 2 N–H and O–H groups in total. The number of hydrogen-bond acceptors (Lipinski definition) is 5. The van der Waals surface area contributed by atoms with Gasteiger partial charge < -0.3 is 15.2 Å². The minimum atomic E-state index is -0.339. The highest BCUT2D eigenvalue weighted by atomic mass is 35.5. The average Bonchev–Trinajstić information content (AvgIpc) is 3.13. The van der Waals surface area contributed by atoms with Crippen LogP contribution in [-0.2, 0) is 0 Å². The summed E-state index contributed by atoms with van der Waals surface area (Å²) in [6.45, 7) is 3.67. The minimum absolute atomic E-state index is 0.190. The van der Waals surface area contributed by atoms with Crippen LogP contribution >= 0.6 is 11.6 Å². The topological polar surface area (TPSA) is 86.8 Å². The van der Waals surface area contributed by atoms with Crippen LogP contribution in [0, 0.1) is 0 Å². The van der Waals surface area contributed by atoms with Crippen molar-refractivity contribution in [2.24, 2.45) is 0 Å². The number of amides is 1.